The van der Waals surface area contributed by atoms with Gasteiger partial charge >= 0.3 is 0 Å². The molecule has 0 aliphatic heterocycles. The number of hydrogen-bond donors (Lipinski definition) is 2. The van der Waals surface area contributed by atoms with Crippen LogP contribution in [-0.4, -0.2) is 22.7 Å². The Balaban J connectivity index is 1.97. The molecule has 5 nitrogen and oxygen atoms in total. The molecule has 0 bridgehead atoms. The maximum atomic E-state index is 11.8. The van der Waals surface area contributed by atoms with Crippen molar-refractivity contribution < 1.29 is 9.59 Å². The SMILES string of the molecule is O=C1CCC(NC(=O)c2cc[nH]c(=O)c2)CC1. The number of Topliss-reactive ketones (excluding diaryl/α,β-unsaturated/α-hetero) is 1. The van der Waals surface area contributed by atoms with Crippen molar-refractivity contribution in [2.45, 2.75) is 31.7 Å². The average Bonchev–Trinajstić information content (AvgIpc) is 2.32. The normalized spacial score (nSPS) is 16.8. The van der Waals surface area contributed by atoms with E-state index in [4.69, 9.17) is 0 Å². The molecule has 0 aromatic carbocycles. The first-order valence-corrected chi connectivity index (χ1v) is 5.66. The van der Waals surface area contributed by atoms with Crippen LogP contribution in [0.3, 0.4) is 0 Å². The maximum Gasteiger partial charge on any atom is 0.251 e. The number of amides is 1. The number of carbonyl (C=O) groups excluding carboxylic acids is 2. The first-order chi connectivity index (χ1) is 8.15. The number of pyridine rings is 1. The van der Waals surface area contributed by atoms with Gasteiger partial charge in [-0.25, -0.2) is 0 Å². The van der Waals surface area contributed by atoms with Gasteiger partial charge in [0.15, 0.2) is 0 Å². The smallest absolute Gasteiger partial charge is 0.251 e. The number of aromatic nitrogens is 1. The molecular weight excluding hydrogens is 220 g/mol. The van der Waals surface area contributed by atoms with E-state index in [9.17, 15) is 14.4 Å². The van der Waals surface area contributed by atoms with Gasteiger partial charge in [-0.2, -0.15) is 0 Å². The van der Waals surface area contributed by atoms with Crippen LogP contribution in [0.5, 0.6) is 0 Å². The van der Waals surface area contributed by atoms with E-state index >= 15 is 0 Å². The highest BCUT2D eigenvalue weighted by molar-refractivity contribution is 5.94. The lowest BCUT2D eigenvalue weighted by atomic mass is 9.94. The molecule has 1 aromatic heterocycles. The third-order valence-electron chi connectivity index (χ3n) is 2.92. The van der Waals surface area contributed by atoms with Gasteiger partial charge in [-0.1, -0.05) is 0 Å². The largest absolute Gasteiger partial charge is 0.349 e. The zero-order chi connectivity index (χ0) is 12.3. The van der Waals surface area contributed by atoms with Crippen LogP contribution in [0.15, 0.2) is 23.1 Å². The monoisotopic (exact) mass is 234 g/mol. The minimum atomic E-state index is -0.295. The average molecular weight is 234 g/mol. The van der Waals surface area contributed by atoms with Crippen LogP contribution >= 0.6 is 0 Å². The predicted octanol–water partition coefficient (Wildman–Crippen LogP) is 0.616. The van der Waals surface area contributed by atoms with Crippen molar-refractivity contribution in [1.82, 2.24) is 10.3 Å². The number of rotatable bonds is 2. The van der Waals surface area contributed by atoms with Crippen molar-refractivity contribution >= 4 is 11.7 Å². The summed E-state index contributed by atoms with van der Waals surface area (Å²) in [7, 11) is 0. The molecular formula is C12H14N2O3. The molecule has 1 amide bonds. The Morgan fingerprint density at radius 3 is 2.65 bits per heavy atom. The van der Waals surface area contributed by atoms with Crippen LogP contribution in [0.1, 0.15) is 36.0 Å². The Morgan fingerprint density at radius 2 is 2.00 bits per heavy atom. The standard InChI is InChI=1S/C12H14N2O3/c15-10-3-1-9(2-4-10)14-12(17)8-5-6-13-11(16)7-8/h5-7,9H,1-4H2,(H,13,16)(H,14,17). The third kappa shape index (κ3) is 3.03. The molecule has 5 heteroatoms. The molecule has 0 saturated heterocycles. The fourth-order valence-corrected chi connectivity index (χ4v) is 1.94. The minimum absolute atomic E-state index is 0.0412. The molecule has 1 heterocycles. The van der Waals surface area contributed by atoms with E-state index in [0.29, 0.717) is 31.2 Å². The summed E-state index contributed by atoms with van der Waals surface area (Å²) in [6.07, 6.45) is 3.88. The summed E-state index contributed by atoms with van der Waals surface area (Å²) in [6, 6.07) is 2.87. The van der Waals surface area contributed by atoms with E-state index in [1.165, 1.54) is 12.3 Å². The van der Waals surface area contributed by atoms with E-state index in [2.05, 4.69) is 10.3 Å². The van der Waals surface area contributed by atoms with Crippen LogP contribution in [0, 0.1) is 0 Å². The van der Waals surface area contributed by atoms with E-state index in [0.717, 1.165) is 0 Å². The van der Waals surface area contributed by atoms with Crippen molar-refractivity contribution in [2.24, 2.45) is 0 Å². The lowest BCUT2D eigenvalue weighted by Gasteiger charge is -2.22. The molecule has 1 saturated carbocycles. The molecule has 1 aliphatic carbocycles. The second kappa shape index (κ2) is 4.95. The molecule has 1 fully saturated rings. The summed E-state index contributed by atoms with van der Waals surface area (Å²) in [6.45, 7) is 0. The number of hydrogen-bond acceptors (Lipinski definition) is 3. The van der Waals surface area contributed by atoms with Crippen molar-refractivity contribution in [3.63, 3.8) is 0 Å². The van der Waals surface area contributed by atoms with E-state index in [1.807, 2.05) is 0 Å². The summed E-state index contributed by atoms with van der Waals surface area (Å²) in [5, 5.41) is 2.84. The number of aromatic amines is 1. The molecule has 0 radical (unpaired) electrons. The van der Waals surface area contributed by atoms with Crippen LogP contribution < -0.4 is 10.9 Å². The summed E-state index contributed by atoms with van der Waals surface area (Å²) in [5.41, 5.74) is 0.0575. The Kier molecular flexibility index (Phi) is 3.37. The predicted molar refractivity (Wildman–Crippen MR) is 61.8 cm³/mol. The molecule has 90 valence electrons. The Bertz CT molecular complexity index is 483. The van der Waals surface area contributed by atoms with Gasteiger partial charge < -0.3 is 10.3 Å². The molecule has 17 heavy (non-hydrogen) atoms. The van der Waals surface area contributed by atoms with E-state index < -0.39 is 0 Å². The van der Waals surface area contributed by atoms with E-state index in [-0.39, 0.29) is 23.3 Å². The fourth-order valence-electron chi connectivity index (χ4n) is 1.94. The van der Waals surface area contributed by atoms with Crippen molar-refractivity contribution in [3.05, 3.63) is 34.2 Å². The Morgan fingerprint density at radius 1 is 1.29 bits per heavy atom. The number of carbonyl (C=O) groups is 2. The molecule has 0 atom stereocenters. The summed E-state index contributed by atoms with van der Waals surface area (Å²) < 4.78 is 0. The van der Waals surface area contributed by atoms with Gasteiger partial charge in [-0.3, -0.25) is 14.4 Å². The zero-order valence-corrected chi connectivity index (χ0v) is 9.36. The van der Waals surface area contributed by atoms with Crippen molar-refractivity contribution in [3.8, 4) is 0 Å². The number of nitrogens with one attached hydrogen (secondary N) is 2. The second-order valence-corrected chi connectivity index (χ2v) is 4.23. The van der Waals surface area contributed by atoms with Crippen molar-refractivity contribution in [2.75, 3.05) is 0 Å². The maximum absolute atomic E-state index is 11.8. The number of ketones is 1. The van der Waals surface area contributed by atoms with Gasteiger partial charge in [0.25, 0.3) is 5.91 Å². The molecule has 0 spiro atoms. The lowest BCUT2D eigenvalue weighted by molar-refractivity contribution is -0.120. The van der Waals surface area contributed by atoms with E-state index in [1.54, 1.807) is 6.07 Å². The highest BCUT2D eigenvalue weighted by Gasteiger charge is 2.20. The van der Waals surface area contributed by atoms with Gasteiger partial charge in [0.05, 0.1) is 0 Å². The second-order valence-electron chi connectivity index (χ2n) is 4.23. The minimum Gasteiger partial charge on any atom is -0.349 e. The van der Waals surface area contributed by atoms with Crippen LogP contribution in [0.2, 0.25) is 0 Å². The van der Waals surface area contributed by atoms with Crippen LogP contribution in [0.4, 0.5) is 0 Å². The Labute approximate surface area is 98.2 Å². The van der Waals surface area contributed by atoms with Crippen LogP contribution in [-0.2, 0) is 4.79 Å². The van der Waals surface area contributed by atoms with Gasteiger partial charge in [0.2, 0.25) is 5.56 Å². The summed E-state index contributed by atoms with van der Waals surface area (Å²) >= 11 is 0. The lowest BCUT2D eigenvalue weighted by Crippen LogP contribution is -2.38. The van der Waals surface area contributed by atoms with Gasteiger partial charge in [-0.05, 0) is 18.9 Å². The topological polar surface area (TPSA) is 79.0 Å². The van der Waals surface area contributed by atoms with Gasteiger partial charge in [0.1, 0.15) is 5.78 Å². The first kappa shape index (κ1) is 11.6. The molecule has 1 aromatic rings. The van der Waals surface area contributed by atoms with Gasteiger partial charge in [0, 0.05) is 36.7 Å². The van der Waals surface area contributed by atoms with Crippen molar-refractivity contribution in [1.29, 1.82) is 0 Å². The number of H-pyrrole nitrogens is 1. The first-order valence-electron chi connectivity index (χ1n) is 5.66. The van der Waals surface area contributed by atoms with Crippen LogP contribution in [0.25, 0.3) is 0 Å². The molecule has 2 rings (SSSR count). The molecule has 0 unspecified atom stereocenters. The third-order valence-corrected chi connectivity index (χ3v) is 2.92. The highest BCUT2D eigenvalue weighted by atomic mass is 16.2. The molecule has 1 aliphatic rings. The molecule has 2 N–H and O–H groups in total. The zero-order valence-electron chi connectivity index (χ0n) is 9.36. The highest BCUT2D eigenvalue weighted by Crippen LogP contribution is 2.15. The summed E-state index contributed by atoms with van der Waals surface area (Å²) in [5.74, 6) is 0.00195. The summed E-state index contributed by atoms with van der Waals surface area (Å²) in [4.78, 5) is 36.4. The van der Waals surface area contributed by atoms with Gasteiger partial charge in [-0.15, -0.1) is 0 Å². The quantitative estimate of drug-likeness (QED) is 0.787. The fraction of sp³-hybridized carbons (Fsp3) is 0.417. The Hall–Kier alpha value is -1.91.